The fourth-order valence-electron chi connectivity index (χ4n) is 2.89. The van der Waals surface area contributed by atoms with Gasteiger partial charge in [0.05, 0.1) is 5.56 Å². The summed E-state index contributed by atoms with van der Waals surface area (Å²) in [4.78, 5) is 12.3. The summed E-state index contributed by atoms with van der Waals surface area (Å²) >= 11 is 0. The third kappa shape index (κ3) is 3.71. The van der Waals surface area contributed by atoms with Crippen molar-refractivity contribution in [2.45, 2.75) is 32.8 Å². The second-order valence-corrected chi connectivity index (χ2v) is 7.65. The van der Waals surface area contributed by atoms with E-state index in [-0.39, 0.29) is 18.8 Å². The second kappa shape index (κ2) is 7.03. The molecule has 6 nitrogen and oxygen atoms in total. The number of rotatable bonds is 4. The Labute approximate surface area is 163 Å². The van der Waals surface area contributed by atoms with Crippen molar-refractivity contribution in [3.8, 4) is 22.8 Å². The van der Waals surface area contributed by atoms with E-state index in [1.807, 2.05) is 30.3 Å². The Morgan fingerprint density at radius 2 is 1.79 bits per heavy atom. The van der Waals surface area contributed by atoms with Crippen molar-refractivity contribution in [2.24, 2.45) is 0 Å². The number of aromatic nitrogens is 1. The number of carbonyl (C=O) groups excluding carboxylic acids is 1. The van der Waals surface area contributed by atoms with Crippen LogP contribution in [0.4, 0.5) is 0 Å². The van der Waals surface area contributed by atoms with Gasteiger partial charge < -0.3 is 18.7 Å². The fraction of sp³-hybridized carbons (Fsp3) is 0.273. The molecule has 0 spiro atoms. The Morgan fingerprint density at radius 3 is 2.54 bits per heavy atom. The van der Waals surface area contributed by atoms with Gasteiger partial charge in [0.15, 0.2) is 17.3 Å². The van der Waals surface area contributed by atoms with E-state index >= 15 is 0 Å². The lowest BCUT2D eigenvalue weighted by atomic mass is 9.87. The van der Waals surface area contributed by atoms with Crippen LogP contribution in [0.25, 0.3) is 11.3 Å². The molecule has 0 unspecified atom stereocenters. The van der Waals surface area contributed by atoms with Gasteiger partial charge in [-0.05, 0) is 41.3 Å². The van der Waals surface area contributed by atoms with Gasteiger partial charge in [-0.3, -0.25) is 0 Å². The average Bonchev–Trinajstić information content (AvgIpc) is 3.34. The number of hydrogen-bond donors (Lipinski definition) is 0. The number of ether oxygens (including phenoxy) is 3. The summed E-state index contributed by atoms with van der Waals surface area (Å²) in [6, 6.07) is 14.7. The lowest BCUT2D eigenvalue weighted by Gasteiger charge is -2.18. The molecule has 2 heterocycles. The molecule has 0 saturated heterocycles. The van der Waals surface area contributed by atoms with Crippen LogP contribution < -0.4 is 9.47 Å². The number of carbonyl (C=O) groups is 1. The molecule has 144 valence electrons. The minimum atomic E-state index is -0.395. The minimum absolute atomic E-state index is 0.0356. The fourth-order valence-corrected chi connectivity index (χ4v) is 2.89. The Bertz CT molecular complexity index is 999. The van der Waals surface area contributed by atoms with Crippen LogP contribution in [0.15, 0.2) is 53.1 Å². The Kier molecular flexibility index (Phi) is 4.55. The predicted molar refractivity (Wildman–Crippen MR) is 102 cm³/mol. The van der Waals surface area contributed by atoms with Crippen molar-refractivity contribution in [1.29, 1.82) is 0 Å². The molecule has 2 aromatic carbocycles. The summed E-state index contributed by atoms with van der Waals surface area (Å²) in [5, 5.41) is 3.97. The number of benzene rings is 2. The van der Waals surface area contributed by atoms with Crippen molar-refractivity contribution in [3.05, 3.63) is 65.4 Å². The van der Waals surface area contributed by atoms with Crippen LogP contribution in [0.3, 0.4) is 0 Å². The van der Waals surface area contributed by atoms with Crippen LogP contribution in [0.5, 0.6) is 11.5 Å². The summed E-state index contributed by atoms with van der Waals surface area (Å²) in [7, 11) is 0. The van der Waals surface area contributed by atoms with Crippen LogP contribution in [-0.4, -0.2) is 17.9 Å². The van der Waals surface area contributed by atoms with Crippen molar-refractivity contribution in [3.63, 3.8) is 0 Å². The standard InChI is InChI=1S/C22H21NO5/c1-22(2,3)16-7-4-14(5-8-16)21(24)25-12-17-11-19(28-23-17)15-6-9-18-20(10-15)27-13-26-18/h4-11H,12-13H2,1-3H3. The number of nitrogens with zero attached hydrogens (tertiary/aromatic N) is 1. The van der Waals surface area contributed by atoms with E-state index in [1.165, 1.54) is 0 Å². The van der Waals surface area contributed by atoms with Gasteiger partial charge in [0.25, 0.3) is 0 Å². The lowest BCUT2D eigenvalue weighted by Crippen LogP contribution is -2.12. The van der Waals surface area contributed by atoms with E-state index in [2.05, 4.69) is 25.9 Å². The van der Waals surface area contributed by atoms with Crippen molar-refractivity contribution in [2.75, 3.05) is 6.79 Å². The van der Waals surface area contributed by atoms with E-state index in [4.69, 9.17) is 18.7 Å². The summed E-state index contributed by atoms with van der Waals surface area (Å²) in [5.41, 5.74) is 3.05. The van der Waals surface area contributed by atoms with E-state index < -0.39 is 5.97 Å². The molecular formula is C22H21NO5. The molecule has 0 bridgehead atoms. The van der Waals surface area contributed by atoms with Gasteiger partial charge in [0.2, 0.25) is 6.79 Å². The quantitative estimate of drug-likeness (QED) is 0.611. The number of hydrogen-bond acceptors (Lipinski definition) is 6. The molecular weight excluding hydrogens is 358 g/mol. The molecule has 28 heavy (non-hydrogen) atoms. The second-order valence-electron chi connectivity index (χ2n) is 7.65. The largest absolute Gasteiger partial charge is 0.455 e. The first-order valence-electron chi connectivity index (χ1n) is 9.03. The van der Waals surface area contributed by atoms with Crippen molar-refractivity contribution >= 4 is 5.97 Å². The first-order chi connectivity index (χ1) is 13.4. The molecule has 6 heteroatoms. The highest BCUT2D eigenvalue weighted by molar-refractivity contribution is 5.89. The maximum atomic E-state index is 12.3. The zero-order valence-corrected chi connectivity index (χ0v) is 16.0. The molecule has 1 aliphatic heterocycles. The van der Waals surface area contributed by atoms with Crippen LogP contribution in [0, 0.1) is 0 Å². The molecule has 0 N–H and O–H groups in total. The first kappa shape index (κ1) is 18.1. The zero-order valence-electron chi connectivity index (χ0n) is 16.0. The molecule has 1 aromatic heterocycles. The highest BCUT2D eigenvalue weighted by Crippen LogP contribution is 2.36. The SMILES string of the molecule is CC(C)(C)c1ccc(C(=O)OCc2cc(-c3ccc4c(c3)OCO4)on2)cc1. The number of fused-ring (bicyclic) bond motifs is 1. The third-order valence-corrected chi connectivity index (χ3v) is 4.55. The van der Waals surface area contributed by atoms with Crippen molar-refractivity contribution in [1.82, 2.24) is 5.16 Å². The third-order valence-electron chi connectivity index (χ3n) is 4.55. The molecule has 3 aromatic rings. The van der Waals surface area contributed by atoms with Crippen molar-refractivity contribution < 1.29 is 23.5 Å². The van der Waals surface area contributed by atoms with E-state index in [1.54, 1.807) is 18.2 Å². The van der Waals surface area contributed by atoms with Crippen LogP contribution in [0.2, 0.25) is 0 Å². The van der Waals surface area contributed by atoms with Gasteiger partial charge in [-0.15, -0.1) is 0 Å². The van der Waals surface area contributed by atoms with Crippen LogP contribution in [-0.2, 0) is 16.8 Å². The summed E-state index contributed by atoms with van der Waals surface area (Å²) in [6.45, 7) is 6.63. The van der Waals surface area contributed by atoms with Gasteiger partial charge in [-0.1, -0.05) is 38.1 Å². The molecule has 0 atom stereocenters. The Hall–Kier alpha value is -3.28. The van der Waals surface area contributed by atoms with Gasteiger partial charge in [-0.2, -0.15) is 0 Å². The summed E-state index contributed by atoms with van der Waals surface area (Å²) in [6.07, 6.45) is 0. The minimum Gasteiger partial charge on any atom is -0.455 e. The molecule has 0 fully saturated rings. The maximum Gasteiger partial charge on any atom is 0.338 e. The predicted octanol–water partition coefficient (Wildman–Crippen LogP) is 4.72. The number of esters is 1. The molecule has 0 aliphatic carbocycles. The Balaban J connectivity index is 1.40. The summed E-state index contributed by atoms with van der Waals surface area (Å²) in [5.74, 6) is 1.54. The van der Waals surface area contributed by atoms with Crippen LogP contribution in [0.1, 0.15) is 42.4 Å². The average molecular weight is 379 g/mol. The smallest absolute Gasteiger partial charge is 0.338 e. The molecule has 0 radical (unpaired) electrons. The summed E-state index contributed by atoms with van der Waals surface area (Å²) < 4.78 is 21.4. The van der Waals surface area contributed by atoms with E-state index in [0.29, 0.717) is 28.5 Å². The van der Waals surface area contributed by atoms with Gasteiger partial charge >= 0.3 is 5.97 Å². The van der Waals surface area contributed by atoms with E-state index in [0.717, 1.165) is 11.1 Å². The van der Waals surface area contributed by atoms with Gasteiger partial charge in [0.1, 0.15) is 12.3 Å². The van der Waals surface area contributed by atoms with Gasteiger partial charge in [0, 0.05) is 11.6 Å². The van der Waals surface area contributed by atoms with E-state index in [9.17, 15) is 4.79 Å². The normalized spacial score (nSPS) is 12.8. The maximum absolute atomic E-state index is 12.3. The molecule has 1 aliphatic rings. The molecule has 4 rings (SSSR count). The Morgan fingerprint density at radius 1 is 1.04 bits per heavy atom. The highest BCUT2D eigenvalue weighted by atomic mass is 16.7. The zero-order chi connectivity index (χ0) is 19.7. The van der Waals surface area contributed by atoms with Crippen LogP contribution >= 0.6 is 0 Å². The first-order valence-corrected chi connectivity index (χ1v) is 9.03. The highest BCUT2D eigenvalue weighted by Gasteiger charge is 2.17. The van der Waals surface area contributed by atoms with Gasteiger partial charge in [-0.25, -0.2) is 4.79 Å². The monoisotopic (exact) mass is 379 g/mol. The molecule has 0 saturated carbocycles. The molecule has 0 amide bonds. The topological polar surface area (TPSA) is 70.8 Å². The lowest BCUT2D eigenvalue weighted by molar-refractivity contribution is 0.0464.